The van der Waals surface area contributed by atoms with Crippen molar-refractivity contribution in [2.75, 3.05) is 6.61 Å². The summed E-state index contributed by atoms with van der Waals surface area (Å²) >= 11 is 10.2. The number of alkyl halides is 2. The summed E-state index contributed by atoms with van der Waals surface area (Å²) in [4.78, 5) is 49.7. The van der Waals surface area contributed by atoms with Gasteiger partial charge in [-0.15, -0.1) is 11.6 Å². The molecule has 0 aromatic rings. The van der Waals surface area contributed by atoms with E-state index in [4.69, 9.17) is 21.1 Å². The Bertz CT molecular complexity index is 1110. The minimum atomic E-state index is -1.68. The third-order valence-electron chi connectivity index (χ3n) is 9.35. The van der Waals surface area contributed by atoms with E-state index < -0.39 is 80.0 Å². The molecule has 9 atom stereocenters. The lowest BCUT2D eigenvalue weighted by molar-refractivity contribution is -0.201. The maximum absolute atomic E-state index is 15.8. The summed E-state index contributed by atoms with van der Waals surface area (Å²) in [6.45, 7) is 7.15. The summed E-state index contributed by atoms with van der Waals surface area (Å²) in [6, 6.07) is 0. The Morgan fingerprint density at radius 2 is 1.86 bits per heavy atom. The topological polar surface area (TPSA) is 107 Å². The molecule has 0 saturated heterocycles. The number of Topliss-reactive ketones (excluding diaryl/α,β-unsaturated/α-hetero) is 1. The minimum Gasteiger partial charge on any atom is -0.458 e. The van der Waals surface area contributed by atoms with E-state index >= 15 is 4.39 Å². The second kappa shape index (κ2) is 8.73. The lowest BCUT2D eigenvalue weighted by Crippen LogP contribution is -2.69. The Hall–Kier alpha value is -1.58. The first-order valence-corrected chi connectivity index (χ1v) is 13.3. The van der Waals surface area contributed by atoms with Crippen LogP contribution < -0.4 is 0 Å². The fourth-order valence-electron chi connectivity index (χ4n) is 7.92. The van der Waals surface area contributed by atoms with Crippen LogP contribution in [0.5, 0.6) is 0 Å². The Morgan fingerprint density at radius 1 is 1.22 bits per heavy atom. The monoisotopic (exact) mass is 588 g/mol. The van der Waals surface area contributed by atoms with E-state index in [-0.39, 0.29) is 24.3 Å². The van der Waals surface area contributed by atoms with Gasteiger partial charge < -0.3 is 14.6 Å². The van der Waals surface area contributed by atoms with E-state index in [2.05, 4.69) is 15.9 Å². The smallest absolute Gasteiger partial charge is 0.303 e. The molecule has 0 bridgehead atoms. The van der Waals surface area contributed by atoms with Crippen LogP contribution in [-0.4, -0.2) is 56.6 Å². The van der Waals surface area contributed by atoms with Crippen LogP contribution in [0.4, 0.5) is 4.39 Å². The zero-order chi connectivity index (χ0) is 27.0. The van der Waals surface area contributed by atoms with Gasteiger partial charge in [-0.3, -0.25) is 19.2 Å². The van der Waals surface area contributed by atoms with Crippen molar-refractivity contribution >= 4 is 51.0 Å². The fraction of sp³-hybridized carbons (Fsp3) is 0.692. The predicted molar refractivity (Wildman–Crippen MR) is 132 cm³/mol. The number of rotatable bonds is 4. The molecule has 3 unspecified atom stereocenters. The molecule has 0 aromatic heterocycles. The zero-order valence-corrected chi connectivity index (χ0v) is 23.2. The average molecular weight is 590 g/mol. The van der Waals surface area contributed by atoms with Gasteiger partial charge in [-0.05, 0) is 36.3 Å². The summed E-state index contributed by atoms with van der Waals surface area (Å²) in [5.74, 6) is -4.19. The highest BCUT2D eigenvalue weighted by Gasteiger charge is 2.76. The lowest BCUT2D eigenvalue weighted by atomic mass is 9.46. The quantitative estimate of drug-likeness (QED) is 0.391. The molecular weight excluding hydrogens is 559 g/mol. The summed E-state index contributed by atoms with van der Waals surface area (Å²) in [6.07, 6.45) is 2.18. The van der Waals surface area contributed by atoms with Crippen molar-refractivity contribution < 1.29 is 38.1 Å². The summed E-state index contributed by atoms with van der Waals surface area (Å²) in [5.41, 5.74) is -3.73. The molecule has 0 spiro atoms. The Kier molecular flexibility index (Phi) is 6.66. The summed E-state index contributed by atoms with van der Waals surface area (Å²) in [7, 11) is 0. The molecule has 0 aliphatic heterocycles. The van der Waals surface area contributed by atoms with Crippen LogP contribution in [0.1, 0.15) is 53.9 Å². The first-order chi connectivity index (χ1) is 16.6. The van der Waals surface area contributed by atoms with Crippen molar-refractivity contribution in [1.82, 2.24) is 0 Å². The van der Waals surface area contributed by atoms with Gasteiger partial charge in [-0.1, -0.05) is 42.8 Å². The van der Waals surface area contributed by atoms with Gasteiger partial charge in [0.2, 0.25) is 5.78 Å². The van der Waals surface area contributed by atoms with E-state index in [0.717, 1.165) is 0 Å². The van der Waals surface area contributed by atoms with Crippen molar-refractivity contribution in [3.05, 3.63) is 23.6 Å². The number of aliphatic hydroxyl groups excluding tert-OH is 1. The van der Waals surface area contributed by atoms with Gasteiger partial charge in [0.25, 0.3) is 0 Å². The van der Waals surface area contributed by atoms with Crippen molar-refractivity contribution in [2.45, 2.75) is 75.3 Å². The zero-order valence-electron chi connectivity index (χ0n) is 20.9. The van der Waals surface area contributed by atoms with Gasteiger partial charge in [0.1, 0.15) is 11.2 Å². The number of ether oxygens (including phenoxy) is 2. The van der Waals surface area contributed by atoms with E-state index in [1.165, 1.54) is 19.9 Å². The first kappa shape index (κ1) is 27.5. The van der Waals surface area contributed by atoms with Gasteiger partial charge in [0.05, 0.1) is 10.4 Å². The number of carbonyl (C=O) groups excluding carboxylic acids is 4. The summed E-state index contributed by atoms with van der Waals surface area (Å²) < 4.78 is 25.5. The van der Waals surface area contributed by atoms with Crippen molar-refractivity contribution in [2.24, 2.45) is 28.6 Å². The molecule has 0 amide bonds. The predicted octanol–water partition coefficient (Wildman–Crippen LogP) is 3.98. The highest BCUT2D eigenvalue weighted by atomic mass is 79.9. The van der Waals surface area contributed by atoms with Crippen LogP contribution in [0.2, 0.25) is 0 Å². The molecule has 2 fully saturated rings. The van der Waals surface area contributed by atoms with Crippen LogP contribution >= 0.6 is 27.5 Å². The molecule has 1 N–H and O–H groups in total. The van der Waals surface area contributed by atoms with E-state index in [1.54, 1.807) is 26.8 Å². The standard InChI is InChI=1S/C26H31BrClFO7/c1-12-8-15-16-9-17(29)21-22(28)18(32)6-7-23(21,4)25(16,27)19(33)10-24(15,5)26(12,36-14(3)31)20(34)11-35-13(2)30/h6-7,12,15-16,19,22,33H,8-11H2,1-5H3/t12?,15-,16-,19?,22?,23-,24-,25-,26-/m0/s1. The molecule has 36 heavy (non-hydrogen) atoms. The fourth-order valence-corrected chi connectivity index (χ4v) is 9.33. The molecule has 10 heteroatoms. The maximum atomic E-state index is 15.8. The van der Waals surface area contributed by atoms with Crippen LogP contribution in [0.25, 0.3) is 0 Å². The largest absolute Gasteiger partial charge is 0.458 e. The normalized spacial score (nSPS) is 45.5. The molecule has 0 radical (unpaired) electrons. The third-order valence-corrected chi connectivity index (χ3v) is 11.7. The van der Waals surface area contributed by atoms with Crippen molar-refractivity contribution in [3.8, 4) is 0 Å². The van der Waals surface area contributed by atoms with Gasteiger partial charge in [0, 0.05) is 37.0 Å². The van der Waals surface area contributed by atoms with Crippen LogP contribution in [0, 0.1) is 28.6 Å². The number of allylic oxidation sites excluding steroid dienone is 4. The number of carbonyl (C=O) groups is 4. The number of hydrogen-bond donors (Lipinski definition) is 1. The van der Waals surface area contributed by atoms with Gasteiger partial charge in [-0.2, -0.15) is 0 Å². The highest BCUT2D eigenvalue weighted by Crippen LogP contribution is 2.73. The van der Waals surface area contributed by atoms with Crippen molar-refractivity contribution in [1.29, 1.82) is 0 Å². The Labute approximate surface area is 222 Å². The van der Waals surface area contributed by atoms with Crippen molar-refractivity contribution in [3.63, 3.8) is 0 Å². The highest BCUT2D eigenvalue weighted by molar-refractivity contribution is 9.10. The molecule has 0 heterocycles. The molecule has 4 aliphatic carbocycles. The number of aliphatic hydroxyl groups is 1. The number of fused-ring (bicyclic) bond motifs is 5. The third kappa shape index (κ3) is 3.37. The molecular formula is C26H31BrClFO7. The Morgan fingerprint density at radius 3 is 2.44 bits per heavy atom. The van der Waals surface area contributed by atoms with Gasteiger partial charge >= 0.3 is 11.9 Å². The number of ketones is 2. The van der Waals surface area contributed by atoms with Crippen LogP contribution in [0.15, 0.2) is 23.6 Å². The molecule has 198 valence electrons. The minimum absolute atomic E-state index is 0.0437. The second-order valence-corrected chi connectivity index (χ2v) is 12.9. The van der Waals surface area contributed by atoms with E-state index in [0.29, 0.717) is 6.42 Å². The average Bonchev–Trinajstić information content (AvgIpc) is 2.98. The van der Waals surface area contributed by atoms with Crippen LogP contribution in [0.3, 0.4) is 0 Å². The van der Waals surface area contributed by atoms with Gasteiger partial charge in [0.15, 0.2) is 18.0 Å². The maximum Gasteiger partial charge on any atom is 0.303 e. The molecule has 4 rings (SSSR count). The SMILES string of the molecule is CC(=O)OCC(=O)[C@@]1(OC(C)=O)C(C)C[C@H]2[C@@H]3CC(F)=C4C(Cl)C(=O)C=C[C@]4(C)[C@@]3(Br)C(O)C[C@@]21C. The molecule has 7 nitrogen and oxygen atoms in total. The Balaban J connectivity index is 1.88. The number of esters is 2. The number of hydrogen-bond acceptors (Lipinski definition) is 7. The lowest BCUT2D eigenvalue weighted by Gasteiger charge is -2.64. The molecule has 0 aromatic carbocycles. The van der Waals surface area contributed by atoms with E-state index in [1.807, 2.05) is 0 Å². The summed E-state index contributed by atoms with van der Waals surface area (Å²) in [5, 5.41) is 10.6. The first-order valence-electron chi connectivity index (χ1n) is 12.1. The van der Waals surface area contributed by atoms with E-state index in [9.17, 15) is 24.3 Å². The molecule has 2 saturated carbocycles. The second-order valence-electron chi connectivity index (χ2n) is 11.1. The molecule has 4 aliphatic rings. The number of halogens is 3. The van der Waals surface area contributed by atoms with Gasteiger partial charge in [-0.25, -0.2) is 4.39 Å². The van der Waals surface area contributed by atoms with Crippen LogP contribution in [-0.2, 0) is 28.7 Å².